The molecule has 0 unspecified atom stereocenters. The van der Waals surface area contributed by atoms with E-state index in [-0.39, 0.29) is 41.4 Å². The first-order valence-electron chi connectivity index (χ1n) is 17.0. The summed E-state index contributed by atoms with van der Waals surface area (Å²) >= 11 is 0. The molecule has 294 valence electrons. The van der Waals surface area contributed by atoms with E-state index in [0.29, 0.717) is 33.4 Å². The Morgan fingerprint density at radius 1 is 0.696 bits per heavy atom. The minimum Gasteiger partial charge on any atom is -0.488 e. The van der Waals surface area contributed by atoms with Gasteiger partial charge < -0.3 is 49.0 Å². The zero-order valence-electron chi connectivity index (χ0n) is 30.8. The van der Waals surface area contributed by atoms with Gasteiger partial charge in [0, 0.05) is 48.4 Å². The summed E-state index contributed by atoms with van der Waals surface area (Å²) in [5.41, 5.74) is 2.79. The number of rotatable bonds is 17. The predicted molar refractivity (Wildman–Crippen MR) is 202 cm³/mol. The monoisotopic (exact) mass is 777 g/mol. The summed E-state index contributed by atoms with van der Waals surface area (Å²) in [6.07, 6.45) is 0. The molecule has 0 bridgehead atoms. The van der Waals surface area contributed by atoms with Crippen molar-refractivity contribution < 1.29 is 62.3 Å². The molecule has 0 amide bonds. The summed E-state index contributed by atoms with van der Waals surface area (Å²) in [6, 6.07) is 16.2. The van der Waals surface area contributed by atoms with Crippen molar-refractivity contribution in [2.75, 3.05) is 82.3 Å². The van der Waals surface area contributed by atoms with Gasteiger partial charge in [0.2, 0.25) is 5.36 Å². The summed E-state index contributed by atoms with van der Waals surface area (Å²) < 4.78 is 49.7. The van der Waals surface area contributed by atoms with Crippen LogP contribution in [0.5, 0.6) is 11.5 Å². The third-order valence-corrected chi connectivity index (χ3v) is 8.53. The lowest BCUT2D eigenvalue weighted by Gasteiger charge is -2.25. The summed E-state index contributed by atoms with van der Waals surface area (Å²) in [6.45, 7) is -3.48. The molecule has 0 fully saturated rings. The third kappa shape index (κ3) is 9.41. The van der Waals surface area contributed by atoms with E-state index in [1.54, 1.807) is 36.9 Å². The van der Waals surface area contributed by atoms with Crippen LogP contribution in [0.4, 0.5) is 25.8 Å². The quantitative estimate of drug-likeness (QED) is 0.0602. The van der Waals surface area contributed by atoms with Crippen LogP contribution in [0.1, 0.15) is 0 Å². The van der Waals surface area contributed by atoms with Crippen LogP contribution in [0.2, 0.25) is 0 Å². The van der Waals surface area contributed by atoms with Crippen molar-refractivity contribution in [3.05, 3.63) is 83.7 Å². The first-order valence-corrected chi connectivity index (χ1v) is 17.0. The van der Waals surface area contributed by atoms with Crippen LogP contribution >= 0.6 is 0 Å². The number of hydrogen-bond acceptors (Lipinski definition) is 10. The molecule has 3 aromatic carbocycles. The van der Waals surface area contributed by atoms with Gasteiger partial charge in [0.1, 0.15) is 82.1 Å². The van der Waals surface area contributed by atoms with Crippen LogP contribution in [0.15, 0.2) is 71.1 Å². The molecule has 4 N–H and O–H groups in total. The van der Waals surface area contributed by atoms with E-state index < -0.39 is 61.7 Å². The number of hydrogen-bond donors (Lipinski definition) is 4. The standard InChI is InChI=1S/C39H38F2N4O11/c1-42(2)24-7-8-25-31(15-24)56-32-17-30(43(3)4)27(41)16-26(32)39(25)22-5-9-28(44(18-35(46)47)19-36(48)49)33(13-22)54-11-12-55-34-14-23(40)6-10-29(34)45(20-37(50)51)21-38(52)53/h5-10,13-17H,11-12,18-21H2,1-4H3,(H3-,46,47,48,49,50,51,52,53)/p+1. The average Bonchev–Trinajstić information content (AvgIpc) is 3.10. The van der Waals surface area contributed by atoms with E-state index >= 15 is 4.39 Å². The molecule has 17 heteroatoms. The van der Waals surface area contributed by atoms with Crippen molar-refractivity contribution in [1.29, 1.82) is 0 Å². The van der Waals surface area contributed by atoms with Crippen LogP contribution in [0.25, 0.3) is 33.4 Å². The van der Waals surface area contributed by atoms with Gasteiger partial charge in [0.15, 0.2) is 5.82 Å². The normalized spacial score (nSPS) is 11.0. The molecule has 1 heterocycles. The van der Waals surface area contributed by atoms with Crippen LogP contribution in [-0.2, 0) is 19.2 Å². The smallest absolute Gasteiger partial charge is 0.323 e. The largest absolute Gasteiger partial charge is 0.488 e. The maximum absolute atomic E-state index is 15.6. The van der Waals surface area contributed by atoms with E-state index in [1.165, 1.54) is 18.2 Å². The fourth-order valence-electron chi connectivity index (χ4n) is 6.14. The van der Waals surface area contributed by atoms with Crippen LogP contribution in [0, 0.1) is 11.6 Å². The molecule has 0 spiro atoms. The predicted octanol–water partition coefficient (Wildman–Crippen LogP) is 3.99. The molecule has 2 aliphatic rings. The summed E-state index contributed by atoms with van der Waals surface area (Å²) in [5.74, 6) is -6.38. The van der Waals surface area contributed by atoms with Crippen molar-refractivity contribution >= 4 is 51.9 Å². The van der Waals surface area contributed by atoms with E-state index in [2.05, 4.69) is 0 Å². The molecular weight excluding hydrogens is 738 g/mol. The van der Waals surface area contributed by atoms with E-state index in [4.69, 9.17) is 13.9 Å². The summed E-state index contributed by atoms with van der Waals surface area (Å²) in [4.78, 5) is 50.6. The molecule has 0 saturated carbocycles. The SMILES string of the molecule is CN(C)c1ccc2c(-c3ccc(N(CC(=O)O)CC(=O)O)c(OCCOc4cc(F)ccc4N(CC(=O)O)CC(=O)O)c3)c3cc(F)c(=[N+](C)C)cc-3oc2c1. The molecule has 1 aliphatic carbocycles. The van der Waals surface area contributed by atoms with Gasteiger partial charge in [0.25, 0.3) is 0 Å². The van der Waals surface area contributed by atoms with Crippen molar-refractivity contribution in [1.82, 2.24) is 4.58 Å². The molecule has 0 atom stereocenters. The number of nitrogens with zero attached hydrogens (tertiary/aromatic N) is 4. The number of carboxylic acids is 4. The third-order valence-electron chi connectivity index (χ3n) is 8.53. The van der Waals surface area contributed by atoms with Gasteiger partial charge in [0.05, 0.1) is 17.4 Å². The number of aliphatic carboxylic acids is 4. The molecular formula is C39H39F2N4O11+. The Morgan fingerprint density at radius 2 is 1.23 bits per heavy atom. The highest BCUT2D eigenvalue weighted by atomic mass is 19.1. The number of carbonyl (C=O) groups is 4. The Morgan fingerprint density at radius 3 is 1.75 bits per heavy atom. The summed E-state index contributed by atoms with van der Waals surface area (Å²) in [7, 11) is 7.12. The maximum Gasteiger partial charge on any atom is 0.323 e. The summed E-state index contributed by atoms with van der Waals surface area (Å²) in [5, 5.41) is 38.9. The molecule has 0 saturated heterocycles. The van der Waals surface area contributed by atoms with Gasteiger partial charge in [-0.1, -0.05) is 6.07 Å². The first kappa shape index (κ1) is 40.3. The second-order valence-electron chi connectivity index (χ2n) is 13.0. The number of carboxylic acid groups (broad SMARTS) is 4. The highest BCUT2D eigenvalue weighted by molar-refractivity contribution is 6.03. The molecule has 56 heavy (non-hydrogen) atoms. The molecule has 3 aromatic rings. The minimum absolute atomic E-state index is 0.0108. The maximum atomic E-state index is 15.6. The molecule has 1 aliphatic heterocycles. The van der Waals surface area contributed by atoms with E-state index in [0.717, 1.165) is 27.6 Å². The number of benzene rings is 4. The highest BCUT2D eigenvalue weighted by Crippen LogP contribution is 2.43. The lowest BCUT2D eigenvalue weighted by Crippen LogP contribution is -2.35. The Labute approximate surface area is 318 Å². The zero-order chi connectivity index (χ0) is 40.8. The highest BCUT2D eigenvalue weighted by Gasteiger charge is 2.25. The molecule has 15 nitrogen and oxygen atoms in total. The van der Waals surface area contributed by atoms with Gasteiger partial charge in [-0.25, -0.2) is 8.97 Å². The average molecular weight is 778 g/mol. The van der Waals surface area contributed by atoms with Crippen LogP contribution in [0.3, 0.4) is 0 Å². The Hall–Kier alpha value is -6.91. The second-order valence-corrected chi connectivity index (χ2v) is 13.0. The van der Waals surface area contributed by atoms with Gasteiger partial charge in [-0.05, 0) is 48.0 Å². The molecule has 0 radical (unpaired) electrons. The lowest BCUT2D eigenvalue weighted by atomic mass is 9.93. The van der Waals surface area contributed by atoms with Gasteiger partial charge in [-0.2, -0.15) is 4.39 Å². The number of ether oxygens (including phenoxy) is 2. The minimum atomic E-state index is -1.34. The Balaban J connectivity index is 1.61. The van der Waals surface area contributed by atoms with Gasteiger partial charge >= 0.3 is 23.9 Å². The number of fused-ring (bicyclic) bond motifs is 2. The van der Waals surface area contributed by atoms with Crippen molar-refractivity contribution in [3.8, 4) is 33.9 Å². The lowest BCUT2D eigenvalue weighted by molar-refractivity contribution is -0.138. The van der Waals surface area contributed by atoms with Crippen molar-refractivity contribution in [3.63, 3.8) is 0 Å². The molecule has 5 rings (SSSR count). The van der Waals surface area contributed by atoms with Gasteiger partial charge in [-0.3, -0.25) is 19.2 Å². The molecule has 0 aromatic heterocycles. The van der Waals surface area contributed by atoms with Crippen LogP contribution in [-0.4, -0.2) is 112 Å². The van der Waals surface area contributed by atoms with E-state index in [9.17, 15) is 44.0 Å². The Kier molecular flexibility index (Phi) is 12.3. The Bertz CT molecular complexity index is 2330. The van der Waals surface area contributed by atoms with Gasteiger partial charge in [-0.15, -0.1) is 0 Å². The second kappa shape index (κ2) is 17.0. The number of anilines is 3. The first-order chi connectivity index (χ1) is 26.5. The fraction of sp³-hybridized carbons (Fsp3) is 0.256. The van der Waals surface area contributed by atoms with E-state index in [1.807, 2.05) is 37.2 Å². The number of halogens is 2. The van der Waals surface area contributed by atoms with Crippen LogP contribution < -0.4 is 34.1 Å². The zero-order valence-corrected chi connectivity index (χ0v) is 30.8. The topological polar surface area (TPSA) is 194 Å². The van der Waals surface area contributed by atoms with Crippen molar-refractivity contribution in [2.24, 2.45) is 0 Å². The van der Waals surface area contributed by atoms with Crippen molar-refractivity contribution in [2.45, 2.75) is 0 Å². The fourth-order valence-corrected chi connectivity index (χ4v) is 6.14.